The Morgan fingerprint density at radius 3 is 2.52 bits per heavy atom. The molecule has 2 atom stereocenters. The molecule has 2 aromatic carbocycles. The molecule has 3 aromatic rings. The Morgan fingerprint density at radius 2 is 1.90 bits per heavy atom. The van der Waals surface area contributed by atoms with E-state index < -0.39 is 30.0 Å². The summed E-state index contributed by atoms with van der Waals surface area (Å²) in [5.74, 6) is -2.22. The fraction of sp³-hybridized carbons (Fsp3) is 0.250. The summed E-state index contributed by atoms with van der Waals surface area (Å²) in [6.07, 6.45) is -4.43. The SMILES string of the molecule is CC(CC(O)(C(=O)Nc1cccc(-c2cnsn2)c1)C(F)(F)F)c1ccccc1. The van der Waals surface area contributed by atoms with Gasteiger partial charge in [0.25, 0.3) is 5.91 Å². The van der Waals surface area contributed by atoms with Crippen LogP contribution in [0.5, 0.6) is 0 Å². The van der Waals surface area contributed by atoms with Crippen LogP contribution in [0, 0.1) is 0 Å². The Labute approximate surface area is 169 Å². The van der Waals surface area contributed by atoms with Crippen LogP contribution in [0.15, 0.2) is 60.8 Å². The number of carbonyl (C=O) groups excluding carboxylic acids is 1. The van der Waals surface area contributed by atoms with E-state index in [1.807, 2.05) is 0 Å². The number of nitrogens with one attached hydrogen (secondary N) is 1. The van der Waals surface area contributed by atoms with Crippen LogP contribution < -0.4 is 5.32 Å². The number of aliphatic hydroxyl groups is 1. The van der Waals surface area contributed by atoms with Gasteiger partial charge in [-0.1, -0.05) is 49.4 Å². The molecule has 0 aliphatic carbocycles. The van der Waals surface area contributed by atoms with Crippen molar-refractivity contribution in [2.75, 3.05) is 5.32 Å². The number of anilines is 1. The molecule has 0 spiro atoms. The molecular formula is C20H18F3N3O2S. The molecule has 0 bridgehead atoms. The maximum Gasteiger partial charge on any atom is 0.426 e. The second-order valence-electron chi connectivity index (χ2n) is 6.70. The second kappa shape index (κ2) is 8.30. The van der Waals surface area contributed by atoms with Crippen LogP contribution in [0.4, 0.5) is 18.9 Å². The van der Waals surface area contributed by atoms with Gasteiger partial charge in [0.05, 0.1) is 17.9 Å². The average Bonchev–Trinajstić information content (AvgIpc) is 3.22. The van der Waals surface area contributed by atoms with Gasteiger partial charge in [0.2, 0.25) is 5.60 Å². The van der Waals surface area contributed by atoms with Crippen LogP contribution in [0.1, 0.15) is 24.8 Å². The number of carbonyl (C=O) groups is 1. The molecule has 152 valence electrons. The van der Waals surface area contributed by atoms with Gasteiger partial charge in [-0.2, -0.15) is 21.9 Å². The molecular weight excluding hydrogens is 403 g/mol. The van der Waals surface area contributed by atoms with Crippen LogP contribution in [-0.4, -0.2) is 31.5 Å². The lowest BCUT2D eigenvalue weighted by atomic mass is 9.85. The summed E-state index contributed by atoms with van der Waals surface area (Å²) < 4.78 is 49.1. The van der Waals surface area contributed by atoms with Crippen molar-refractivity contribution in [3.63, 3.8) is 0 Å². The number of hydrogen-bond acceptors (Lipinski definition) is 5. The normalized spacial score (nSPS) is 14.8. The number of alkyl halides is 3. The molecule has 0 saturated heterocycles. The van der Waals surface area contributed by atoms with E-state index in [1.54, 1.807) is 42.5 Å². The number of aromatic nitrogens is 2. The number of nitrogens with zero attached hydrogens (tertiary/aromatic N) is 2. The molecule has 1 aromatic heterocycles. The van der Waals surface area contributed by atoms with Gasteiger partial charge in [-0.25, -0.2) is 0 Å². The van der Waals surface area contributed by atoms with Crippen molar-refractivity contribution in [2.45, 2.75) is 31.0 Å². The molecule has 2 N–H and O–H groups in total. The first-order chi connectivity index (χ1) is 13.7. The first-order valence-corrected chi connectivity index (χ1v) is 9.47. The number of benzene rings is 2. The Balaban J connectivity index is 1.84. The number of amides is 1. The van der Waals surface area contributed by atoms with E-state index >= 15 is 0 Å². The zero-order valence-corrected chi connectivity index (χ0v) is 16.2. The summed E-state index contributed by atoms with van der Waals surface area (Å²) in [5, 5.41) is 12.6. The Kier molecular flexibility index (Phi) is 5.99. The third kappa shape index (κ3) is 4.63. The molecule has 0 radical (unpaired) electrons. The molecule has 0 fully saturated rings. The van der Waals surface area contributed by atoms with Crippen LogP contribution in [0.25, 0.3) is 11.3 Å². The highest BCUT2D eigenvalue weighted by atomic mass is 32.1. The fourth-order valence-electron chi connectivity index (χ4n) is 2.96. The van der Waals surface area contributed by atoms with E-state index in [-0.39, 0.29) is 5.69 Å². The summed E-state index contributed by atoms with van der Waals surface area (Å²) in [5.41, 5.74) is -1.70. The van der Waals surface area contributed by atoms with E-state index in [4.69, 9.17) is 0 Å². The zero-order chi connectivity index (χ0) is 21.1. The van der Waals surface area contributed by atoms with E-state index in [2.05, 4.69) is 14.1 Å². The molecule has 29 heavy (non-hydrogen) atoms. The minimum atomic E-state index is -5.14. The Morgan fingerprint density at radius 1 is 1.17 bits per heavy atom. The topological polar surface area (TPSA) is 75.1 Å². The van der Waals surface area contributed by atoms with Crippen LogP contribution in [0.3, 0.4) is 0 Å². The van der Waals surface area contributed by atoms with Gasteiger partial charge in [-0.3, -0.25) is 4.79 Å². The van der Waals surface area contributed by atoms with Crippen molar-refractivity contribution in [3.05, 3.63) is 66.4 Å². The largest absolute Gasteiger partial charge is 0.426 e. The lowest BCUT2D eigenvalue weighted by Gasteiger charge is -2.31. The second-order valence-corrected chi connectivity index (χ2v) is 7.26. The van der Waals surface area contributed by atoms with Gasteiger partial charge in [-0.15, -0.1) is 0 Å². The maximum atomic E-state index is 13.7. The summed E-state index contributed by atoms with van der Waals surface area (Å²) in [7, 11) is 0. The average molecular weight is 421 g/mol. The Hall–Kier alpha value is -2.78. The lowest BCUT2D eigenvalue weighted by molar-refractivity contribution is -0.252. The molecule has 2 unspecified atom stereocenters. The predicted molar refractivity (Wildman–Crippen MR) is 104 cm³/mol. The van der Waals surface area contributed by atoms with E-state index in [9.17, 15) is 23.1 Å². The number of hydrogen-bond donors (Lipinski definition) is 2. The highest BCUT2D eigenvalue weighted by Crippen LogP contribution is 2.39. The quantitative estimate of drug-likeness (QED) is 0.609. The molecule has 9 heteroatoms. The van der Waals surface area contributed by atoms with Crippen LogP contribution in [-0.2, 0) is 4.79 Å². The first-order valence-electron chi connectivity index (χ1n) is 8.74. The summed E-state index contributed by atoms with van der Waals surface area (Å²) >= 11 is 0.990. The van der Waals surface area contributed by atoms with Gasteiger partial charge in [-0.05, 0) is 23.6 Å². The van der Waals surface area contributed by atoms with Gasteiger partial charge in [0.1, 0.15) is 5.69 Å². The highest BCUT2D eigenvalue weighted by Gasteiger charge is 2.59. The minimum Gasteiger partial charge on any atom is -0.373 e. The maximum absolute atomic E-state index is 13.7. The van der Waals surface area contributed by atoms with E-state index in [0.717, 1.165) is 11.7 Å². The van der Waals surface area contributed by atoms with Gasteiger partial charge in [0, 0.05) is 17.7 Å². The smallest absolute Gasteiger partial charge is 0.373 e. The van der Waals surface area contributed by atoms with E-state index in [1.165, 1.54) is 25.3 Å². The lowest BCUT2D eigenvalue weighted by Crippen LogP contribution is -2.55. The predicted octanol–water partition coefficient (Wildman–Crippen LogP) is 4.63. The molecule has 0 saturated carbocycles. The molecule has 0 aliphatic heterocycles. The molecule has 5 nitrogen and oxygen atoms in total. The number of rotatable bonds is 6. The fourth-order valence-corrected chi connectivity index (χ4v) is 3.40. The monoisotopic (exact) mass is 421 g/mol. The standard InChI is InChI=1S/C20H18F3N3O2S/c1-13(14-6-3-2-4-7-14)11-19(28,20(21,22)23)18(27)25-16-9-5-8-15(10-16)17-12-24-29-26-17/h2-10,12-13,28H,11H2,1H3,(H,25,27). The number of halogens is 3. The molecule has 3 rings (SSSR count). The van der Waals surface area contributed by atoms with Crippen molar-refractivity contribution in [3.8, 4) is 11.3 Å². The van der Waals surface area contributed by atoms with Gasteiger partial charge in [0.15, 0.2) is 0 Å². The van der Waals surface area contributed by atoms with Crippen molar-refractivity contribution in [1.82, 2.24) is 8.75 Å². The van der Waals surface area contributed by atoms with Crippen molar-refractivity contribution in [2.24, 2.45) is 0 Å². The van der Waals surface area contributed by atoms with Crippen LogP contribution in [0.2, 0.25) is 0 Å². The Bertz CT molecular complexity index is 965. The van der Waals surface area contributed by atoms with Gasteiger partial charge < -0.3 is 10.4 Å². The van der Waals surface area contributed by atoms with Crippen LogP contribution >= 0.6 is 11.7 Å². The van der Waals surface area contributed by atoms with Crippen molar-refractivity contribution >= 4 is 23.3 Å². The summed E-state index contributed by atoms with van der Waals surface area (Å²) in [6, 6.07) is 14.6. The third-order valence-corrected chi connectivity index (χ3v) is 5.07. The third-order valence-electron chi connectivity index (χ3n) is 4.59. The van der Waals surface area contributed by atoms with Crippen molar-refractivity contribution < 1.29 is 23.1 Å². The molecule has 1 amide bonds. The first kappa shape index (κ1) is 20.9. The molecule has 1 heterocycles. The molecule has 0 aliphatic rings. The summed E-state index contributed by atoms with van der Waals surface area (Å²) in [4.78, 5) is 12.5. The zero-order valence-electron chi connectivity index (χ0n) is 15.3. The highest BCUT2D eigenvalue weighted by molar-refractivity contribution is 6.99. The van der Waals surface area contributed by atoms with Crippen molar-refractivity contribution in [1.29, 1.82) is 0 Å². The minimum absolute atomic E-state index is 0.121. The summed E-state index contributed by atoms with van der Waals surface area (Å²) in [6.45, 7) is 1.54. The van der Waals surface area contributed by atoms with Gasteiger partial charge >= 0.3 is 6.18 Å². The van der Waals surface area contributed by atoms with E-state index in [0.29, 0.717) is 16.8 Å².